The number of aromatic nitrogens is 4. The van der Waals surface area contributed by atoms with E-state index in [0.29, 0.717) is 27.9 Å². The van der Waals surface area contributed by atoms with Crippen molar-refractivity contribution in [3.8, 4) is 79.4 Å². The van der Waals surface area contributed by atoms with Crippen molar-refractivity contribution in [1.29, 1.82) is 10.5 Å². The number of benzene rings is 15. The molecule has 6 aromatic heterocycles. The summed E-state index contributed by atoms with van der Waals surface area (Å²) in [7, 11) is 0. The number of hydrogen-bond donors (Lipinski definition) is 0. The van der Waals surface area contributed by atoms with E-state index in [-0.39, 0.29) is 0 Å². The van der Waals surface area contributed by atoms with Crippen molar-refractivity contribution >= 4 is 131 Å². The molecule has 0 fully saturated rings. The molecule has 0 aliphatic heterocycles. The topological polar surface area (TPSA) is 93.6 Å². The smallest absolute Gasteiger partial charge is 0.159 e. The largest absolute Gasteiger partial charge is 0.452 e. The molecule has 0 saturated heterocycles. The van der Waals surface area contributed by atoms with E-state index in [0.717, 1.165) is 149 Å². The Morgan fingerprint density at radius 2 is 0.510 bits per heavy atom. The molecule has 8 heteroatoms. The van der Waals surface area contributed by atoms with Gasteiger partial charge in [0, 0.05) is 76.0 Å². The van der Waals surface area contributed by atoms with Crippen LogP contribution in [0.25, 0.3) is 198 Å². The Labute approximate surface area is 571 Å². The Bertz CT molecular complexity index is 7160. The van der Waals surface area contributed by atoms with Crippen LogP contribution in [0.1, 0.15) is 11.1 Å². The number of nitriles is 2. The number of nitrogens with zero attached hydrogens (tertiary/aromatic N) is 6. The lowest BCUT2D eigenvalue weighted by Gasteiger charge is -2.13. The third-order valence-electron chi connectivity index (χ3n) is 20.9. The Hall–Kier alpha value is -13.9. The fraction of sp³-hybridized carbons (Fsp3) is 0. The lowest BCUT2D eigenvalue weighted by Crippen LogP contribution is -1.96. The van der Waals surface area contributed by atoms with Crippen LogP contribution in [-0.2, 0) is 0 Å². The van der Waals surface area contributed by atoms with Gasteiger partial charge in [0.15, 0.2) is 22.3 Å². The summed E-state index contributed by atoms with van der Waals surface area (Å²) in [4.78, 5) is 0. The van der Waals surface area contributed by atoms with E-state index >= 15 is 0 Å². The molecule has 0 unspecified atom stereocenters. The first-order valence-corrected chi connectivity index (χ1v) is 33.6. The highest BCUT2D eigenvalue weighted by atomic mass is 16.3. The van der Waals surface area contributed by atoms with E-state index in [1.54, 1.807) is 0 Å². The zero-order valence-corrected chi connectivity index (χ0v) is 53.5. The van der Waals surface area contributed by atoms with Gasteiger partial charge in [0.05, 0.1) is 66.6 Å². The monoisotopic (exact) mass is 1270 g/mol. The van der Waals surface area contributed by atoms with E-state index in [1.165, 1.54) is 32.8 Å². The minimum atomic E-state index is 0.495. The first-order chi connectivity index (χ1) is 49.5. The first-order valence-electron chi connectivity index (χ1n) is 33.6. The van der Waals surface area contributed by atoms with Gasteiger partial charge in [0.25, 0.3) is 0 Å². The molecule has 21 rings (SSSR count). The van der Waals surface area contributed by atoms with Gasteiger partial charge in [0.1, 0.15) is 12.1 Å². The SMILES string of the molecule is N#Cc1cccc2c1oc1c(-n3c4ccccc4c4cc(-c5ccc6c(c5)c5ccccc5n6-c5ccc(-c6cc(-n7c8ccccc8c8cc(-c9ccc(-c%10ccc%11c(c%10)c%10ccccc%10n%11-c%10ccccc%10)cc9)ccc87)c7oc8c(C#N)cccc8c7c6)cc5)ccc43)cccc12. The lowest BCUT2D eigenvalue weighted by atomic mass is 9.98. The van der Waals surface area contributed by atoms with Crippen molar-refractivity contribution in [1.82, 2.24) is 18.3 Å². The molecule has 0 N–H and O–H groups in total. The minimum Gasteiger partial charge on any atom is -0.452 e. The van der Waals surface area contributed by atoms with Gasteiger partial charge in [-0.15, -0.1) is 0 Å². The molecule has 0 atom stereocenters. The molecule has 0 aliphatic rings. The molecule has 0 spiro atoms. The van der Waals surface area contributed by atoms with E-state index in [2.05, 4.69) is 316 Å². The maximum Gasteiger partial charge on any atom is 0.159 e. The molecule has 21 aromatic rings. The second-order valence-corrected chi connectivity index (χ2v) is 26.1. The molecule has 0 saturated carbocycles. The highest BCUT2D eigenvalue weighted by molar-refractivity contribution is 6.18. The standard InChI is InChI=1S/C92H52N6O2/c93-53-62-15-12-23-71-72-25-14-30-87(91(72)99-89(62)71)97-81-28-10-6-21-69(81)77-50-61(40-46-85(77)97)60-39-44-84-75(49-60)68-20-5-9-27-80(68)96(84)66-41-35-57(36-42-66)64-51-78-73-24-13-16-63(54-94)90(73)100-92(78)88(52-64)98-82-29-11-7-22-70(82)76-48-59(38-45-86(76)98)56-33-31-55(32-34-56)58-37-43-83-74(47-58)67-19-4-8-26-79(67)95(83)65-17-2-1-3-18-65/h1-52H. The molecule has 15 aromatic carbocycles. The molecular weight excluding hydrogens is 1220 g/mol. The summed E-state index contributed by atoms with van der Waals surface area (Å²) in [5.74, 6) is 0. The summed E-state index contributed by atoms with van der Waals surface area (Å²) in [6, 6.07) is 117. The summed E-state index contributed by atoms with van der Waals surface area (Å²) in [6.45, 7) is 0. The van der Waals surface area contributed by atoms with Gasteiger partial charge in [-0.1, -0.05) is 188 Å². The van der Waals surface area contributed by atoms with Gasteiger partial charge in [-0.05, 0) is 172 Å². The second-order valence-electron chi connectivity index (χ2n) is 26.1. The van der Waals surface area contributed by atoms with Crippen LogP contribution in [0.15, 0.2) is 324 Å². The molecule has 0 amide bonds. The van der Waals surface area contributed by atoms with Crippen LogP contribution >= 0.6 is 0 Å². The first kappa shape index (κ1) is 55.4. The Kier molecular flexibility index (Phi) is 11.8. The maximum absolute atomic E-state index is 10.5. The van der Waals surface area contributed by atoms with Crippen LogP contribution in [0.3, 0.4) is 0 Å². The average Bonchev–Trinajstić information content (AvgIpc) is 1.57. The quantitative estimate of drug-likeness (QED) is 0.151. The van der Waals surface area contributed by atoms with E-state index in [1.807, 2.05) is 30.3 Å². The Morgan fingerprint density at radius 3 is 0.980 bits per heavy atom. The number of para-hydroxylation sites is 8. The maximum atomic E-state index is 10.5. The van der Waals surface area contributed by atoms with Gasteiger partial charge in [-0.2, -0.15) is 10.5 Å². The summed E-state index contributed by atoms with van der Waals surface area (Å²) in [5, 5.41) is 33.5. The van der Waals surface area contributed by atoms with Crippen molar-refractivity contribution in [2.24, 2.45) is 0 Å². The number of hydrogen-bond acceptors (Lipinski definition) is 4. The molecule has 0 aliphatic carbocycles. The Morgan fingerprint density at radius 1 is 0.200 bits per heavy atom. The minimum absolute atomic E-state index is 0.495. The van der Waals surface area contributed by atoms with Crippen LogP contribution in [0, 0.1) is 22.7 Å². The normalized spacial score (nSPS) is 12.0. The van der Waals surface area contributed by atoms with Crippen LogP contribution in [0.2, 0.25) is 0 Å². The van der Waals surface area contributed by atoms with Crippen LogP contribution in [0.4, 0.5) is 0 Å². The summed E-state index contributed by atoms with van der Waals surface area (Å²) >= 11 is 0. The molecular formula is C92H52N6O2. The third kappa shape index (κ3) is 8.08. The molecule has 8 nitrogen and oxygen atoms in total. The highest BCUT2D eigenvalue weighted by Gasteiger charge is 2.25. The van der Waals surface area contributed by atoms with Crippen molar-refractivity contribution in [3.63, 3.8) is 0 Å². The van der Waals surface area contributed by atoms with Crippen molar-refractivity contribution in [2.75, 3.05) is 0 Å². The number of rotatable bonds is 8. The fourth-order valence-corrected chi connectivity index (χ4v) is 16.3. The zero-order valence-electron chi connectivity index (χ0n) is 53.5. The van der Waals surface area contributed by atoms with Gasteiger partial charge >= 0.3 is 0 Å². The molecule has 0 radical (unpaired) electrons. The number of furan rings is 2. The molecule has 6 heterocycles. The Balaban J connectivity index is 0.646. The second kappa shape index (κ2) is 21.3. The van der Waals surface area contributed by atoms with E-state index in [4.69, 9.17) is 8.83 Å². The fourth-order valence-electron chi connectivity index (χ4n) is 16.3. The van der Waals surface area contributed by atoms with Crippen LogP contribution < -0.4 is 0 Å². The predicted octanol–water partition coefficient (Wildman–Crippen LogP) is 24.3. The molecule has 462 valence electrons. The molecule has 0 bridgehead atoms. The van der Waals surface area contributed by atoms with Crippen molar-refractivity contribution in [3.05, 3.63) is 327 Å². The van der Waals surface area contributed by atoms with Gasteiger partial charge in [-0.25, -0.2) is 0 Å². The van der Waals surface area contributed by atoms with Crippen LogP contribution in [-0.4, -0.2) is 18.3 Å². The lowest BCUT2D eigenvalue weighted by molar-refractivity contribution is 0.665. The van der Waals surface area contributed by atoms with Gasteiger partial charge in [0.2, 0.25) is 0 Å². The predicted molar refractivity (Wildman–Crippen MR) is 410 cm³/mol. The van der Waals surface area contributed by atoms with Crippen molar-refractivity contribution in [2.45, 2.75) is 0 Å². The highest BCUT2D eigenvalue weighted by Crippen LogP contribution is 2.46. The van der Waals surface area contributed by atoms with E-state index in [9.17, 15) is 10.5 Å². The average molecular weight is 1270 g/mol. The molecule has 100 heavy (non-hydrogen) atoms. The van der Waals surface area contributed by atoms with Crippen LogP contribution in [0.5, 0.6) is 0 Å². The van der Waals surface area contributed by atoms with E-state index < -0.39 is 0 Å². The summed E-state index contributed by atoms with van der Waals surface area (Å²) in [5.41, 5.74) is 25.4. The summed E-state index contributed by atoms with van der Waals surface area (Å²) < 4.78 is 22.9. The number of fused-ring (bicyclic) bond motifs is 18. The zero-order chi connectivity index (χ0) is 65.8. The van der Waals surface area contributed by atoms with Crippen molar-refractivity contribution < 1.29 is 8.83 Å². The van der Waals surface area contributed by atoms with Gasteiger partial charge < -0.3 is 27.1 Å². The van der Waals surface area contributed by atoms with Gasteiger partial charge in [-0.3, -0.25) is 0 Å². The summed E-state index contributed by atoms with van der Waals surface area (Å²) in [6.07, 6.45) is 0. The third-order valence-corrected chi connectivity index (χ3v) is 20.9.